The van der Waals surface area contributed by atoms with Gasteiger partial charge < -0.3 is 9.64 Å². The van der Waals surface area contributed by atoms with Crippen LogP contribution >= 0.6 is 0 Å². The Morgan fingerprint density at radius 1 is 1.25 bits per heavy atom. The Labute approximate surface area is 120 Å². The van der Waals surface area contributed by atoms with Crippen LogP contribution in [0.5, 0.6) is 0 Å². The summed E-state index contributed by atoms with van der Waals surface area (Å²) >= 11 is 0. The van der Waals surface area contributed by atoms with Gasteiger partial charge in [-0.05, 0) is 27.2 Å². The van der Waals surface area contributed by atoms with Gasteiger partial charge >= 0.3 is 5.97 Å². The molecule has 0 aromatic carbocycles. The number of likely N-dealkylation sites (N-methyl/N-ethyl adjacent to an activating group) is 1. The molecule has 0 aromatic rings. The first kappa shape index (κ1) is 18.9. The molecule has 0 aliphatic heterocycles. The number of sulfonamides is 1. The predicted octanol–water partition coefficient (Wildman–Crippen LogP) is 0.116. The molecule has 20 heavy (non-hydrogen) atoms. The van der Waals surface area contributed by atoms with E-state index in [-0.39, 0.29) is 18.9 Å². The van der Waals surface area contributed by atoms with Crippen LogP contribution in [0.2, 0.25) is 0 Å². The van der Waals surface area contributed by atoms with Gasteiger partial charge in [-0.15, -0.1) is 0 Å². The zero-order valence-electron chi connectivity index (χ0n) is 12.5. The van der Waals surface area contributed by atoms with Crippen molar-refractivity contribution in [3.63, 3.8) is 0 Å². The molecule has 1 amide bonds. The fourth-order valence-electron chi connectivity index (χ4n) is 1.63. The van der Waals surface area contributed by atoms with E-state index in [1.165, 1.54) is 11.8 Å². The highest BCUT2D eigenvalue weighted by Gasteiger charge is 2.25. The monoisotopic (exact) mass is 308 g/mol. The van der Waals surface area contributed by atoms with Gasteiger partial charge in [0.25, 0.3) is 0 Å². The van der Waals surface area contributed by atoms with Crippen LogP contribution in [-0.2, 0) is 24.3 Å². The maximum Gasteiger partial charge on any atom is 0.325 e. The van der Waals surface area contributed by atoms with Crippen LogP contribution in [0.3, 0.4) is 0 Å². The lowest BCUT2D eigenvalue weighted by Crippen LogP contribution is -2.48. The summed E-state index contributed by atoms with van der Waals surface area (Å²) in [4.78, 5) is 24.7. The summed E-state index contributed by atoms with van der Waals surface area (Å²) in [5, 5.41) is 0. The molecule has 118 valence electrons. The summed E-state index contributed by atoms with van der Waals surface area (Å²) in [6, 6.07) is -0.902. The average Bonchev–Trinajstić information content (AvgIpc) is 2.34. The molecule has 0 heterocycles. The smallest absolute Gasteiger partial charge is 0.325 e. The minimum atomic E-state index is -3.47. The molecule has 0 radical (unpaired) electrons. The third-order valence-electron chi connectivity index (χ3n) is 2.52. The minimum absolute atomic E-state index is 0.0331. The summed E-state index contributed by atoms with van der Waals surface area (Å²) in [7, 11) is -3.47. The predicted molar refractivity (Wildman–Crippen MR) is 75.6 cm³/mol. The van der Waals surface area contributed by atoms with E-state index in [2.05, 4.69) is 4.72 Å². The molecule has 0 fully saturated rings. The highest BCUT2D eigenvalue weighted by Crippen LogP contribution is 1.99. The minimum Gasteiger partial charge on any atom is -0.465 e. The Morgan fingerprint density at radius 2 is 1.85 bits per heavy atom. The van der Waals surface area contributed by atoms with Gasteiger partial charge in [0, 0.05) is 6.54 Å². The Bertz CT molecular complexity index is 422. The van der Waals surface area contributed by atoms with Crippen LogP contribution in [0, 0.1) is 0 Å². The summed E-state index contributed by atoms with van der Waals surface area (Å²) in [6.45, 7) is 6.96. The number of carbonyl (C=O) groups excluding carboxylic acids is 2. The van der Waals surface area contributed by atoms with Gasteiger partial charge in [-0.2, -0.15) is 0 Å². The van der Waals surface area contributed by atoms with Crippen LogP contribution in [-0.4, -0.2) is 56.7 Å². The summed E-state index contributed by atoms with van der Waals surface area (Å²) in [5.41, 5.74) is 0. The van der Waals surface area contributed by atoms with E-state index in [9.17, 15) is 18.0 Å². The molecule has 0 aliphatic rings. The largest absolute Gasteiger partial charge is 0.465 e. The number of ether oxygens (including phenoxy) is 1. The Hall–Kier alpha value is -1.15. The third-order valence-corrected chi connectivity index (χ3v) is 4.18. The highest BCUT2D eigenvalue weighted by molar-refractivity contribution is 7.89. The van der Waals surface area contributed by atoms with Gasteiger partial charge in [-0.3, -0.25) is 9.59 Å². The second kappa shape index (κ2) is 8.91. The van der Waals surface area contributed by atoms with Crippen molar-refractivity contribution in [1.82, 2.24) is 9.62 Å². The molecule has 1 atom stereocenters. The van der Waals surface area contributed by atoms with Gasteiger partial charge in [0.2, 0.25) is 15.9 Å². The van der Waals surface area contributed by atoms with Gasteiger partial charge in [0.1, 0.15) is 6.54 Å². The normalized spacial score (nSPS) is 12.8. The van der Waals surface area contributed by atoms with Crippen molar-refractivity contribution in [3.05, 3.63) is 0 Å². The molecular weight excluding hydrogens is 284 g/mol. The summed E-state index contributed by atoms with van der Waals surface area (Å²) in [6.07, 6.45) is 0.469. The molecule has 8 heteroatoms. The first-order valence-corrected chi connectivity index (χ1v) is 8.37. The van der Waals surface area contributed by atoms with E-state index in [4.69, 9.17) is 4.74 Å². The van der Waals surface area contributed by atoms with Gasteiger partial charge in [-0.1, -0.05) is 6.92 Å². The molecule has 0 aromatic heterocycles. The lowest BCUT2D eigenvalue weighted by Gasteiger charge is -2.23. The molecule has 7 nitrogen and oxygen atoms in total. The molecule has 0 spiro atoms. The molecular formula is C12H24N2O5S. The first-order valence-electron chi connectivity index (χ1n) is 6.71. The van der Waals surface area contributed by atoms with Crippen molar-refractivity contribution in [2.24, 2.45) is 0 Å². The van der Waals surface area contributed by atoms with Crippen LogP contribution < -0.4 is 4.72 Å². The average molecular weight is 308 g/mol. The second-order valence-electron chi connectivity index (χ2n) is 4.32. The number of esters is 1. The van der Waals surface area contributed by atoms with Crippen molar-refractivity contribution < 1.29 is 22.7 Å². The maximum atomic E-state index is 12.1. The van der Waals surface area contributed by atoms with Crippen LogP contribution in [0.4, 0.5) is 0 Å². The van der Waals surface area contributed by atoms with E-state index in [0.717, 1.165) is 0 Å². The number of nitrogens with zero attached hydrogens (tertiary/aromatic N) is 1. The lowest BCUT2D eigenvalue weighted by atomic mass is 10.3. The van der Waals surface area contributed by atoms with Crippen LogP contribution in [0.15, 0.2) is 0 Å². The van der Waals surface area contributed by atoms with Crippen molar-refractivity contribution in [3.8, 4) is 0 Å². The number of rotatable bonds is 9. The zero-order chi connectivity index (χ0) is 15.8. The highest BCUT2D eigenvalue weighted by atomic mass is 32.2. The van der Waals surface area contributed by atoms with Gasteiger partial charge in [-0.25, -0.2) is 13.1 Å². The number of hydrogen-bond donors (Lipinski definition) is 1. The van der Waals surface area contributed by atoms with E-state index in [0.29, 0.717) is 13.0 Å². The van der Waals surface area contributed by atoms with Crippen LogP contribution in [0.25, 0.3) is 0 Å². The Morgan fingerprint density at radius 3 is 2.30 bits per heavy atom. The third kappa shape index (κ3) is 6.85. The number of nitrogens with one attached hydrogen (secondary N) is 1. The van der Waals surface area contributed by atoms with Crippen molar-refractivity contribution >= 4 is 21.9 Å². The van der Waals surface area contributed by atoms with Gasteiger partial charge in [0.05, 0.1) is 18.4 Å². The van der Waals surface area contributed by atoms with E-state index < -0.39 is 27.9 Å². The quantitative estimate of drug-likeness (QED) is 0.611. The molecule has 0 saturated carbocycles. The number of hydrogen-bond acceptors (Lipinski definition) is 5. The second-order valence-corrected chi connectivity index (χ2v) is 6.19. The van der Waals surface area contributed by atoms with Crippen molar-refractivity contribution in [2.75, 3.05) is 25.4 Å². The Balaban J connectivity index is 4.63. The van der Waals surface area contributed by atoms with Gasteiger partial charge in [0.15, 0.2) is 0 Å². The van der Waals surface area contributed by atoms with E-state index in [1.54, 1.807) is 20.8 Å². The lowest BCUT2D eigenvalue weighted by molar-refractivity contribution is -0.149. The van der Waals surface area contributed by atoms with Crippen LogP contribution in [0.1, 0.15) is 34.1 Å². The summed E-state index contributed by atoms with van der Waals surface area (Å²) < 4.78 is 30.3. The van der Waals surface area contributed by atoms with Crippen molar-refractivity contribution in [1.29, 1.82) is 0 Å². The van der Waals surface area contributed by atoms with E-state index >= 15 is 0 Å². The number of amides is 1. The standard InChI is InChI=1S/C12H24N2O5S/c1-5-8-20(17,18)13-10(4)12(16)14(6-2)9-11(15)19-7-3/h10,13H,5-9H2,1-4H3. The zero-order valence-corrected chi connectivity index (χ0v) is 13.3. The topological polar surface area (TPSA) is 92.8 Å². The summed E-state index contributed by atoms with van der Waals surface area (Å²) in [5.74, 6) is -0.985. The number of carbonyl (C=O) groups is 2. The molecule has 1 N–H and O–H groups in total. The SMILES string of the molecule is CCCS(=O)(=O)NC(C)C(=O)N(CC)CC(=O)OCC. The molecule has 0 bridgehead atoms. The fourth-order valence-corrected chi connectivity index (χ4v) is 2.92. The first-order chi connectivity index (χ1) is 9.27. The molecule has 1 unspecified atom stereocenters. The molecule has 0 saturated heterocycles. The van der Waals surface area contributed by atoms with Crippen molar-refractivity contribution in [2.45, 2.75) is 40.2 Å². The molecule has 0 rings (SSSR count). The molecule has 0 aliphatic carbocycles. The maximum absolute atomic E-state index is 12.1. The Kier molecular flexibility index (Phi) is 8.40. The fraction of sp³-hybridized carbons (Fsp3) is 0.833. The van der Waals surface area contributed by atoms with E-state index in [1.807, 2.05) is 0 Å².